The highest BCUT2D eigenvalue weighted by Crippen LogP contribution is 2.23. The molecule has 0 aliphatic heterocycles. The Kier molecular flexibility index (Phi) is 4.68. The number of thiophene rings is 1. The summed E-state index contributed by atoms with van der Waals surface area (Å²) in [5.41, 5.74) is 1.03. The molecule has 2 aromatic heterocycles. The fraction of sp³-hybridized carbons (Fsp3) is 0.250. The van der Waals surface area contributed by atoms with E-state index in [1.807, 2.05) is 11.6 Å². The highest BCUT2D eigenvalue weighted by Gasteiger charge is 2.00. The van der Waals surface area contributed by atoms with Crippen molar-refractivity contribution in [2.75, 3.05) is 6.61 Å². The van der Waals surface area contributed by atoms with Crippen molar-refractivity contribution in [3.05, 3.63) is 34.3 Å². The molecule has 3 nitrogen and oxygen atoms in total. The number of nitrogens with zero attached hydrogens (tertiary/aromatic N) is 1. The zero-order valence-electron chi connectivity index (χ0n) is 9.14. The Hall–Kier alpha value is -1.22. The lowest BCUT2D eigenvalue weighted by Gasteiger charge is -1.93. The van der Waals surface area contributed by atoms with Gasteiger partial charge in [-0.15, -0.1) is 11.3 Å². The summed E-state index contributed by atoms with van der Waals surface area (Å²) < 4.78 is 0. The van der Waals surface area contributed by atoms with Gasteiger partial charge in [0.05, 0.1) is 6.61 Å². The molecule has 0 atom stereocenters. The molecule has 5 heteroatoms. The number of rotatable bonds is 4. The van der Waals surface area contributed by atoms with Crippen LogP contribution in [0.5, 0.6) is 0 Å². The number of aliphatic hydroxyl groups excluding tert-OH is 1. The van der Waals surface area contributed by atoms with Crippen LogP contribution in [0.15, 0.2) is 29.0 Å². The number of aliphatic hydroxyl groups is 1. The summed E-state index contributed by atoms with van der Waals surface area (Å²) in [5.74, 6) is 6.85. The van der Waals surface area contributed by atoms with E-state index in [1.54, 1.807) is 29.3 Å². The van der Waals surface area contributed by atoms with Gasteiger partial charge in [0, 0.05) is 40.4 Å². The van der Waals surface area contributed by atoms with Crippen LogP contribution in [-0.2, 0) is 5.75 Å². The van der Waals surface area contributed by atoms with Gasteiger partial charge in [-0.2, -0.15) is 0 Å². The topological polar surface area (TPSA) is 48.9 Å². The highest BCUT2D eigenvalue weighted by molar-refractivity contribution is 7.98. The Morgan fingerprint density at radius 3 is 3.24 bits per heavy atom. The van der Waals surface area contributed by atoms with Gasteiger partial charge in [0.2, 0.25) is 0 Å². The molecule has 2 heterocycles. The van der Waals surface area contributed by atoms with Crippen LogP contribution in [0, 0.1) is 11.8 Å². The van der Waals surface area contributed by atoms with Crippen molar-refractivity contribution in [2.24, 2.45) is 0 Å². The van der Waals surface area contributed by atoms with Gasteiger partial charge in [0.1, 0.15) is 0 Å². The molecule has 88 valence electrons. The van der Waals surface area contributed by atoms with Gasteiger partial charge >= 0.3 is 0 Å². The molecule has 17 heavy (non-hydrogen) atoms. The molecule has 0 radical (unpaired) electrons. The number of thioether (sulfide) groups is 1. The number of H-pyrrole nitrogens is 1. The maximum Gasteiger partial charge on any atom is 0.165 e. The van der Waals surface area contributed by atoms with Crippen molar-refractivity contribution in [1.82, 2.24) is 9.97 Å². The highest BCUT2D eigenvalue weighted by atomic mass is 32.2. The number of hydrogen-bond acceptors (Lipinski definition) is 4. The molecule has 2 aromatic rings. The molecule has 0 aromatic carbocycles. The lowest BCUT2D eigenvalue weighted by Crippen LogP contribution is -1.77. The zero-order valence-corrected chi connectivity index (χ0v) is 10.8. The lowest BCUT2D eigenvalue weighted by atomic mass is 10.3. The van der Waals surface area contributed by atoms with Crippen LogP contribution in [-0.4, -0.2) is 21.7 Å². The van der Waals surface area contributed by atoms with Crippen LogP contribution < -0.4 is 0 Å². The third-order valence-corrected chi connectivity index (χ3v) is 4.02. The Bertz CT molecular complexity index is 508. The predicted octanol–water partition coefficient (Wildman–Crippen LogP) is 2.50. The van der Waals surface area contributed by atoms with Crippen molar-refractivity contribution in [3.8, 4) is 11.8 Å². The van der Waals surface area contributed by atoms with Crippen LogP contribution in [0.2, 0.25) is 0 Å². The van der Waals surface area contributed by atoms with E-state index in [4.69, 9.17) is 5.11 Å². The standard InChI is InChI=1S/C12H12N2OS2/c15-6-2-1-3-10-7-11(16-8-10)9-17-12-13-4-5-14-12/h4-5,7-8,15H,2,6,9H2,(H,13,14). The first-order valence-electron chi connectivity index (χ1n) is 5.18. The summed E-state index contributed by atoms with van der Waals surface area (Å²) in [6.45, 7) is 0.123. The number of aromatic amines is 1. The number of nitrogens with one attached hydrogen (secondary N) is 1. The summed E-state index contributed by atoms with van der Waals surface area (Å²) in [4.78, 5) is 8.49. The van der Waals surface area contributed by atoms with E-state index in [0.29, 0.717) is 6.42 Å². The average Bonchev–Trinajstić information content (AvgIpc) is 2.98. The van der Waals surface area contributed by atoms with E-state index in [0.717, 1.165) is 16.5 Å². The van der Waals surface area contributed by atoms with Crippen molar-refractivity contribution in [2.45, 2.75) is 17.3 Å². The summed E-state index contributed by atoms with van der Waals surface area (Å²) in [7, 11) is 0. The van der Waals surface area contributed by atoms with Gasteiger partial charge in [-0.25, -0.2) is 4.98 Å². The van der Waals surface area contributed by atoms with Gasteiger partial charge < -0.3 is 10.1 Å². The van der Waals surface area contributed by atoms with Crippen LogP contribution in [0.1, 0.15) is 16.9 Å². The first kappa shape index (κ1) is 12.2. The second-order valence-corrected chi connectivity index (χ2v) is 5.22. The minimum Gasteiger partial charge on any atom is -0.395 e. The van der Waals surface area contributed by atoms with Crippen LogP contribution in [0.25, 0.3) is 0 Å². The van der Waals surface area contributed by atoms with Crippen molar-refractivity contribution < 1.29 is 5.11 Å². The van der Waals surface area contributed by atoms with Crippen LogP contribution in [0.3, 0.4) is 0 Å². The van der Waals surface area contributed by atoms with Crippen molar-refractivity contribution >= 4 is 23.1 Å². The minimum atomic E-state index is 0.123. The average molecular weight is 264 g/mol. The third kappa shape index (κ3) is 3.93. The second kappa shape index (κ2) is 6.50. The van der Waals surface area contributed by atoms with E-state index >= 15 is 0 Å². The van der Waals surface area contributed by atoms with Crippen molar-refractivity contribution in [3.63, 3.8) is 0 Å². The molecule has 0 saturated heterocycles. The van der Waals surface area contributed by atoms with Crippen molar-refractivity contribution in [1.29, 1.82) is 0 Å². The van der Waals surface area contributed by atoms with Gasteiger partial charge in [0.25, 0.3) is 0 Å². The fourth-order valence-electron chi connectivity index (χ4n) is 1.21. The van der Waals surface area contributed by atoms with Gasteiger partial charge in [-0.05, 0) is 6.07 Å². The summed E-state index contributed by atoms with van der Waals surface area (Å²) in [6, 6.07) is 2.09. The number of imidazole rings is 1. The first-order valence-corrected chi connectivity index (χ1v) is 7.04. The van der Waals surface area contributed by atoms with Gasteiger partial charge in [-0.1, -0.05) is 23.6 Å². The molecular weight excluding hydrogens is 252 g/mol. The lowest BCUT2D eigenvalue weighted by molar-refractivity contribution is 0.305. The summed E-state index contributed by atoms with van der Waals surface area (Å²) in [5, 5.41) is 11.6. The molecule has 0 aliphatic rings. The molecule has 2 N–H and O–H groups in total. The molecule has 0 saturated carbocycles. The molecule has 2 rings (SSSR count). The van der Waals surface area contributed by atoms with E-state index in [1.165, 1.54) is 4.88 Å². The monoisotopic (exact) mass is 264 g/mol. The molecule has 0 fully saturated rings. The van der Waals surface area contributed by atoms with E-state index in [2.05, 4.69) is 27.9 Å². The zero-order chi connectivity index (χ0) is 11.9. The maximum absolute atomic E-state index is 8.63. The van der Waals surface area contributed by atoms with E-state index in [-0.39, 0.29) is 6.61 Å². The maximum atomic E-state index is 8.63. The molecule has 0 spiro atoms. The van der Waals surface area contributed by atoms with Crippen LogP contribution >= 0.6 is 23.1 Å². The summed E-state index contributed by atoms with van der Waals surface area (Å²) >= 11 is 3.38. The second-order valence-electron chi connectivity index (χ2n) is 3.26. The minimum absolute atomic E-state index is 0.123. The van der Waals surface area contributed by atoms with Gasteiger partial charge in [-0.3, -0.25) is 0 Å². The molecule has 0 bridgehead atoms. The predicted molar refractivity (Wildman–Crippen MR) is 71.0 cm³/mol. The van der Waals surface area contributed by atoms with Crippen LogP contribution in [0.4, 0.5) is 0 Å². The molecular formula is C12H12N2OS2. The SMILES string of the molecule is OCCC#Cc1csc(CSc2ncc[nH]2)c1. The Morgan fingerprint density at radius 2 is 2.47 bits per heavy atom. The normalized spacial score (nSPS) is 9.94. The largest absolute Gasteiger partial charge is 0.395 e. The third-order valence-electron chi connectivity index (χ3n) is 1.95. The Morgan fingerprint density at radius 1 is 1.53 bits per heavy atom. The first-order chi connectivity index (χ1) is 8.38. The number of hydrogen-bond donors (Lipinski definition) is 2. The quantitative estimate of drug-likeness (QED) is 0.659. The van der Waals surface area contributed by atoms with E-state index < -0.39 is 0 Å². The fourth-order valence-corrected chi connectivity index (χ4v) is 2.91. The molecule has 0 unspecified atom stereocenters. The Labute approximate surface area is 108 Å². The summed E-state index contributed by atoms with van der Waals surface area (Å²) in [6.07, 6.45) is 4.11. The number of aromatic nitrogens is 2. The Balaban J connectivity index is 1.88. The van der Waals surface area contributed by atoms with E-state index in [9.17, 15) is 0 Å². The van der Waals surface area contributed by atoms with Gasteiger partial charge in [0.15, 0.2) is 5.16 Å². The molecule has 0 aliphatic carbocycles. The molecule has 0 amide bonds. The smallest absolute Gasteiger partial charge is 0.165 e.